The number of carbonyl (C=O) groups is 1. The first-order valence-corrected chi connectivity index (χ1v) is 7.04. The minimum Gasteiger partial charge on any atom is -0.366 e. The van der Waals surface area contributed by atoms with Crippen molar-refractivity contribution >= 4 is 5.91 Å². The molecule has 0 spiro atoms. The van der Waals surface area contributed by atoms with E-state index in [1.807, 2.05) is 17.9 Å². The Morgan fingerprint density at radius 3 is 3.00 bits per heavy atom. The number of nitrogens with zero attached hydrogens (tertiary/aromatic N) is 2. The molecule has 1 fully saturated rings. The van der Waals surface area contributed by atoms with Gasteiger partial charge in [0.1, 0.15) is 23.8 Å². The van der Waals surface area contributed by atoms with E-state index in [1.165, 1.54) is 0 Å². The Morgan fingerprint density at radius 1 is 1.59 bits per heavy atom. The third kappa shape index (κ3) is 3.78. The molecule has 2 rings (SSSR count). The zero-order valence-corrected chi connectivity index (χ0v) is 12.2. The van der Waals surface area contributed by atoms with Crippen molar-refractivity contribution in [2.75, 3.05) is 26.2 Å². The van der Waals surface area contributed by atoms with Gasteiger partial charge in [0.05, 0.1) is 12.7 Å². The number of ether oxygens (including phenoxy) is 1. The van der Waals surface area contributed by atoms with Crippen LogP contribution in [-0.4, -0.2) is 43.2 Å². The monoisotopic (exact) mass is 309 g/mol. The highest BCUT2D eigenvalue weighted by Gasteiger charge is 2.28. The first-order chi connectivity index (χ1) is 10.5. The van der Waals surface area contributed by atoms with E-state index >= 15 is 0 Å². The molecule has 5 nitrogen and oxygen atoms in total. The minimum atomic E-state index is -1.19. The Morgan fingerprint density at radius 2 is 2.36 bits per heavy atom. The van der Waals surface area contributed by atoms with E-state index in [0.717, 1.165) is 25.2 Å². The normalized spacial score (nSPS) is 20.2. The molecule has 118 valence electrons. The first kappa shape index (κ1) is 16.3. The molecule has 1 heterocycles. The van der Waals surface area contributed by atoms with Crippen LogP contribution in [0.4, 0.5) is 8.78 Å². The highest BCUT2D eigenvalue weighted by molar-refractivity contribution is 5.82. The van der Waals surface area contributed by atoms with Crippen molar-refractivity contribution in [3.05, 3.63) is 35.4 Å². The maximum atomic E-state index is 13.7. The summed E-state index contributed by atoms with van der Waals surface area (Å²) in [6.45, 7) is 4.36. The molecule has 1 saturated heterocycles. The molecule has 1 N–H and O–H groups in total. The number of likely N-dealkylation sites (N-methyl/N-ethyl adjacent to an activating group) is 1. The van der Waals surface area contributed by atoms with Crippen LogP contribution in [0.1, 0.15) is 18.5 Å². The Balaban J connectivity index is 2.06. The molecule has 0 aromatic heterocycles. The number of benzene rings is 1. The molecule has 0 unspecified atom stereocenters. The van der Waals surface area contributed by atoms with Crippen LogP contribution < -0.4 is 5.32 Å². The second kappa shape index (κ2) is 7.29. The number of nitriles is 1. The Hall–Kier alpha value is -2.04. The van der Waals surface area contributed by atoms with Gasteiger partial charge in [-0.15, -0.1) is 0 Å². The molecule has 1 amide bonds. The number of amides is 1. The summed E-state index contributed by atoms with van der Waals surface area (Å²) < 4.78 is 32.0. The Bertz CT molecular complexity index is 589. The SMILES string of the molecule is CCN1CCO[C@@H](C(=O)N[C@@H](C#N)c2ccc(F)cc2F)C1. The van der Waals surface area contributed by atoms with Gasteiger partial charge in [-0.2, -0.15) is 5.26 Å². The summed E-state index contributed by atoms with van der Waals surface area (Å²) in [4.78, 5) is 14.2. The lowest BCUT2D eigenvalue weighted by molar-refractivity contribution is -0.138. The standard InChI is InChI=1S/C15H17F2N3O2/c1-2-20-5-6-22-14(9-20)15(21)19-13(8-18)11-4-3-10(16)7-12(11)17/h3-4,7,13-14H,2,5-6,9H2,1H3,(H,19,21)/t13-,14+/m0/s1. The second-order valence-corrected chi connectivity index (χ2v) is 4.99. The topological polar surface area (TPSA) is 65.4 Å². The van der Waals surface area contributed by atoms with Gasteiger partial charge in [-0.3, -0.25) is 9.69 Å². The van der Waals surface area contributed by atoms with Crippen molar-refractivity contribution in [1.29, 1.82) is 5.26 Å². The van der Waals surface area contributed by atoms with Crippen LogP contribution in [0.2, 0.25) is 0 Å². The van der Waals surface area contributed by atoms with E-state index in [2.05, 4.69) is 5.32 Å². The molecule has 1 aliphatic heterocycles. The molecule has 0 bridgehead atoms. The third-order valence-corrected chi connectivity index (χ3v) is 3.58. The fraction of sp³-hybridized carbons (Fsp3) is 0.467. The van der Waals surface area contributed by atoms with Gasteiger partial charge in [-0.25, -0.2) is 8.78 Å². The van der Waals surface area contributed by atoms with Crippen LogP contribution >= 0.6 is 0 Å². The lowest BCUT2D eigenvalue weighted by Crippen LogP contribution is -2.50. The molecule has 1 aliphatic rings. The first-order valence-electron chi connectivity index (χ1n) is 7.04. The number of nitrogens with one attached hydrogen (secondary N) is 1. The lowest BCUT2D eigenvalue weighted by Gasteiger charge is -2.31. The van der Waals surface area contributed by atoms with Crippen molar-refractivity contribution in [1.82, 2.24) is 10.2 Å². The van der Waals surface area contributed by atoms with E-state index in [4.69, 9.17) is 10.00 Å². The molecule has 2 atom stereocenters. The van der Waals surface area contributed by atoms with Crippen LogP contribution in [-0.2, 0) is 9.53 Å². The Kier molecular flexibility index (Phi) is 5.41. The summed E-state index contributed by atoms with van der Waals surface area (Å²) >= 11 is 0. The van der Waals surface area contributed by atoms with Crippen LogP contribution in [0.3, 0.4) is 0 Å². The van der Waals surface area contributed by atoms with E-state index in [9.17, 15) is 13.6 Å². The van der Waals surface area contributed by atoms with Crippen LogP contribution in [0.25, 0.3) is 0 Å². The molecule has 7 heteroatoms. The highest BCUT2D eigenvalue weighted by atomic mass is 19.1. The average molecular weight is 309 g/mol. The fourth-order valence-corrected chi connectivity index (χ4v) is 2.30. The average Bonchev–Trinajstić information content (AvgIpc) is 2.53. The van der Waals surface area contributed by atoms with Crippen molar-refractivity contribution < 1.29 is 18.3 Å². The predicted molar refractivity (Wildman–Crippen MR) is 74.7 cm³/mol. The summed E-state index contributed by atoms with van der Waals surface area (Å²) in [7, 11) is 0. The van der Waals surface area contributed by atoms with Crippen molar-refractivity contribution in [2.24, 2.45) is 0 Å². The molecule has 0 aliphatic carbocycles. The van der Waals surface area contributed by atoms with Gasteiger partial charge in [0.2, 0.25) is 0 Å². The Labute approximate surface area is 127 Å². The molecule has 0 saturated carbocycles. The van der Waals surface area contributed by atoms with Crippen LogP contribution in [0.5, 0.6) is 0 Å². The highest BCUT2D eigenvalue weighted by Crippen LogP contribution is 2.18. The van der Waals surface area contributed by atoms with Crippen LogP contribution in [0.15, 0.2) is 18.2 Å². The maximum absolute atomic E-state index is 13.7. The van der Waals surface area contributed by atoms with Gasteiger partial charge < -0.3 is 10.1 Å². The fourth-order valence-electron chi connectivity index (χ4n) is 2.30. The molecular weight excluding hydrogens is 292 g/mol. The van der Waals surface area contributed by atoms with Crippen molar-refractivity contribution in [3.63, 3.8) is 0 Å². The summed E-state index contributed by atoms with van der Waals surface area (Å²) in [6.07, 6.45) is -0.701. The van der Waals surface area contributed by atoms with E-state index in [0.29, 0.717) is 19.2 Å². The molecule has 1 aromatic rings. The zero-order valence-electron chi connectivity index (χ0n) is 12.2. The summed E-state index contributed by atoms with van der Waals surface area (Å²) in [6, 6.07) is 3.50. The molecule has 22 heavy (non-hydrogen) atoms. The van der Waals surface area contributed by atoms with Gasteiger partial charge in [0.15, 0.2) is 0 Å². The van der Waals surface area contributed by atoms with E-state index in [-0.39, 0.29) is 5.56 Å². The van der Waals surface area contributed by atoms with Crippen LogP contribution in [0, 0.1) is 23.0 Å². The molecule has 0 radical (unpaired) electrons. The number of morpholine rings is 1. The zero-order chi connectivity index (χ0) is 16.1. The number of hydrogen-bond acceptors (Lipinski definition) is 4. The number of hydrogen-bond donors (Lipinski definition) is 1. The summed E-state index contributed by atoms with van der Waals surface area (Å²) in [5, 5.41) is 11.6. The van der Waals surface area contributed by atoms with Crippen molar-refractivity contribution in [3.8, 4) is 6.07 Å². The predicted octanol–water partition coefficient (Wildman–Crippen LogP) is 1.37. The van der Waals surface area contributed by atoms with Gasteiger partial charge in [0.25, 0.3) is 5.91 Å². The molecular formula is C15H17F2N3O2. The smallest absolute Gasteiger partial charge is 0.251 e. The van der Waals surface area contributed by atoms with Gasteiger partial charge in [0, 0.05) is 24.7 Å². The largest absolute Gasteiger partial charge is 0.366 e. The summed E-state index contributed by atoms with van der Waals surface area (Å²) in [5.41, 5.74) is -0.0691. The second-order valence-electron chi connectivity index (χ2n) is 4.99. The number of halogens is 2. The quantitative estimate of drug-likeness (QED) is 0.912. The van der Waals surface area contributed by atoms with Crippen molar-refractivity contribution in [2.45, 2.75) is 19.1 Å². The van der Waals surface area contributed by atoms with Gasteiger partial charge in [-0.1, -0.05) is 13.0 Å². The van der Waals surface area contributed by atoms with E-state index < -0.39 is 29.7 Å². The lowest BCUT2D eigenvalue weighted by atomic mass is 10.1. The van der Waals surface area contributed by atoms with Gasteiger partial charge in [-0.05, 0) is 12.6 Å². The minimum absolute atomic E-state index is 0.0691. The maximum Gasteiger partial charge on any atom is 0.251 e. The van der Waals surface area contributed by atoms with Gasteiger partial charge >= 0.3 is 0 Å². The van der Waals surface area contributed by atoms with E-state index in [1.54, 1.807) is 0 Å². The third-order valence-electron chi connectivity index (χ3n) is 3.58. The number of rotatable bonds is 4. The molecule has 1 aromatic carbocycles. The summed E-state index contributed by atoms with van der Waals surface area (Å²) in [5.74, 6) is -2.08. The number of carbonyl (C=O) groups excluding carboxylic acids is 1.